The number of nitrogens with two attached hydrogens (primary N) is 1. The maximum atomic E-state index is 12.9. The summed E-state index contributed by atoms with van der Waals surface area (Å²) in [6, 6.07) is 19.9. The predicted octanol–water partition coefficient (Wildman–Crippen LogP) is 4.71. The van der Waals surface area contributed by atoms with Crippen molar-refractivity contribution in [3.8, 4) is 17.3 Å². The van der Waals surface area contributed by atoms with Gasteiger partial charge >= 0.3 is 5.90 Å². The average molecular weight is 505 g/mol. The second kappa shape index (κ2) is 12.0. The van der Waals surface area contributed by atoms with E-state index in [-0.39, 0.29) is 11.8 Å². The van der Waals surface area contributed by atoms with Crippen LogP contribution in [0.5, 0.6) is 0 Å². The Hall–Kier alpha value is -5.40. The van der Waals surface area contributed by atoms with E-state index in [9.17, 15) is 4.79 Å². The quantitative estimate of drug-likeness (QED) is 0.177. The van der Waals surface area contributed by atoms with Crippen LogP contribution in [0.4, 0.5) is 17.3 Å². The topological polar surface area (TPSA) is 151 Å². The van der Waals surface area contributed by atoms with E-state index in [4.69, 9.17) is 11.2 Å². The molecule has 2 aromatic heterocycles. The second-order valence-electron chi connectivity index (χ2n) is 8.20. The highest BCUT2D eigenvalue weighted by Crippen LogP contribution is 2.24. The molecule has 0 bridgehead atoms. The number of anilines is 3. The summed E-state index contributed by atoms with van der Waals surface area (Å²) >= 11 is 0. The van der Waals surface area contributed by atoms with Crippen LogP contribution in [0.3, 0.4) is 0 Å². The van der Waals surface area contributed by atoms with Gasteiger partial charge in [0, 0.05) is 53.2 Å². The number of hydrogen-bond acceptors (Lipinski definition) is 9. The number of nitriles is 1. The van der Waals surface area contributed by atoms with Gasteiger partial charge < -0.3 is 15.5 Å². The number of pyridine rings is 1. The summed E-state index contributed by atoms with van der Waals surface area (Å²) in [5.74, 6) is 4.87. The predicted molar refractivity (Wildman–Crippen MR) is 145 cm³/mol. The zero-order valence-electron chi connectivity index (χ0n) is 20.5. The number of carbonyl (C=O) groups excluding carboxylic acids is 1. The Kier molecular flexibility index (Phi) is 8.13. The van der Waals surface area contributed by atoms with Crippen LogP contribution in [0, 0.1) is 18.3 Å². The summed E-state index contributed by atoms with van der Waals surface area (Å²) in [6.45, 7) is 5.75. The summed E-state index contributed by atoms with van der Waals surface area (Å²) in [4.78, 5) is 34.1. The molecule has 0 saturated carbocycles. The monoisotopic (exact) mass is 504 g/mol. The number of benzene rings is 2. The number of nitrogens with one attached hydrogen (secondary N) is 2. The van der Waals surface area contributed by atoms with Gasteiger partial charge in [0.1, 0.15) is 0 Å². The van der Waals surface area contributed by atoms with E-state index < -0.39 is 0 Å². The fraction of sp³-hybridized carbons (Fsp3) is 0.0714. The van der Waals surface area contributed by atoms with E-state index >= 15 is 0 Å². The first kappa shape index (κ1) is 25.7. The molecule has 0 spiro atoms. The van der Waals surface area contributed by atoms with E-state index in [0.29, 0.717) is 29.3 Å². The van der Waals surface area contributed by atoms with Gasteiger partial charge in [-0.05, 0) is 60.5 Å². The van der Waals surface area contributed by atoms with Gasteiger partial charge in [-0.1, -0.05) is 24.8 Å². The van der Waals surface area contributed by atoms with Gasteiger partial charge in [0.15, 0.2) is 6.07 Å². The van der Waals surface area contributed by atoms with Gasteiger partial charge in [-0.25, -0.2) is 15.0 Å². The number of aliphatic imine (C=N–C) groups is 1. The van der Waals surface area contributed by atoms with Crippen molar-refractivity contribution >= 4 is 29.1 Å². The molecule has 10 heteroatoms. The zero-order chi connectivity index (χ0) is 26.9. The molecule has 2 aromatic carbocycles. The van der Waals surface area contributed by atoms with Crippen molar-refractivity contribution in [2.75, 3.05) is 10.6 Å². The minimum atomic E-state index is -0.272. The van der Waals surface area contributed by atoms with Gasteiger partial charge in [-0.3, -0.25) is 9.78 Å². The molecule has 0 saturated heterocycles. The fourth-order valence-electron chi connectivity index (χ4n) is 3.52. The first-order chi connectivity index (χ1) is 18.4. The van der Waals surface area contributed by atoms with Crippen molar-refractivity contribution in [1.82, 2.24) is 15.0 Å². The minimum absolute atomic E-state index is 0.263. The molecule has 0 aliphatic heterocycles. The maximum Gasteiger partial charge on any atom is 0.316 e. The van der Waals surface area contributed by atoms with Crippen LogP contribution in [-0.2, 0) is 11.3 Å². The summed E-state index contributed by atoms with van der Waals surface area (Å²) in [6.07, 6.45) is 5.50. The summed E-state index contributed by atoms with van der Waals surface area (Å²) < 4.78 is 0. The molecule has 188 valence electrons. The first-order valence-corrected chi connectivity index (χ1v) is 11.5. The smallest absolute Gasteiger partial charge is 0.316 e. The SMILES string of the molecule is C=C(Cc1ccc(C(=O)Nc2ccc(C)c(Nc3nccc(-c4cccnc4)n3)c2)cc1)N=C(C#N)ON. The highest BCUT2D eigenvalue weighted by Gasteiger charge is 2.10. The van der Waals surface area contributed by atoms with Crippen LogP contribution in [-0.4, -0.2) is 26.8 Å². The molecule has 1 amide bonds. The number of amides is 1. The van der Waals surface area contributed by atoms with Crippen LogP contribution in [0.25, 0.3) is 11.3 Å². The van der Waals surface area contributed by atoms with Crippen molar-refractivity contribution in [2.24, 2.45) is 10.9 Å². The number of hydrogen-bond donors (Lipinski definition) is 3. The largest absolute Gasteiger partial charge is 0.379 e. The number of allylic oxidation sites excluding steroid dienone is 1. The van der Waals surface area contributed by atoms with Crippen LogP contribution in [0.2, 0.25) is 0 Å². The van der Waals surface area contributed by atoms with Gasteiger partial charge in [0.05, 0.1) is 5.69 Å². The van der Waals surface area contributed by atoms with E-state index in [1.165, 1.54) is 0 Å². The first-order valence-electron chi connectivity index (χ1n) is 11.5. The maximum absolute atomic E-state index is 12.9. The minimum Gasteiger partial charge on any atom is -0.379 e. The van der Waals surface area contributed by atoms with Crippen molar-refractivity contribution in [2.45, 2.75) is 13.3 Å². The third kappa shape index (κ3) is 6.63. The molecule has 38 heavy (non-hydrogen) atoms. The molecule has 0 aliphatic rings. The molecule has 0 atom stereocenters. The standard InChI is InChI=1S/C28H24N8O2/c1-18-5-10-23(15-25(18)36-28-32-13-11-24(35-28)22-4-3-12-31-17-22)34-27(37)21-8-6-20(7-9-21)14-19(2)33-26(16-29)38-30/h3-13,15,17H,2,14,30H2,1H3,(H,34,37)(H,32,35,36). The molecule has 0 fully saturated rings. The van der Waals surface area contributed by atoms with Crippen LogP contribution in [0.1, 0.15) is 21.5 Å². The molecule has 0 unspecified atom stereocenters. The van der Waals surface area contributed by atoms with Crippen molar-refractivity contribution in [1.29, 1.82) is 5.26 Å². The molecule has 0 aliphatic carbocycles. The lowest BCUT2D eigenvalue weighted by Crippen LogP contribution is -2.12. The average Bonchev–Trinajstić information content (AvgIpc) is 2.94. The highest BCUT2D eigenvalue weighted by atomic mass is 16.6. The summed E-state index contributed by atoms with van der Waals surface area (Å²) in [5, 5.41) is 15.0. The normalized spacial score (nSPS) is 10.8. The number of aryl methyl sites for hydroxylation is 1. The Morgan fingerprint density at radius 3 is 2.68 bits per heavy atom. The molecule has 4 rings (SSSR count). The van der Waals surface area contributed by atoms with Gasteiger partial charge in [0.25, 0.3) is 5.91 Å². The Bertz CT molecular complexity index is 1530. The number of rotatable bonds is 8. The third-order valence-corrected chi connectivity index (χ3v) is 5.45. The second-order valence-corrected chi connectivity index (χ2v) is 8.20. The van der Waals surface area contributed by atoms with Crippen LogP contribution in [0.15, 0.2) is 96.5 Å². The lowest BCUT2D eigenvalue weighted by molar-refractivity contribution is 0.102. The highest BCUT2D eigenvalue weighted by molar-refractivity contribution is 6.04. The number of aromatic nitrogens is 3. The molecule has 4 aromatic rings. The van der Waals surface area contributed by atoms with Crippen molar-refractivity contribution in [3.05, 3.63) is 108 Å². The third-order valence-electron chi connectivity index (χ3n) is 5.45. The zero-order valence-corrected chi connectivity index (χ0v) is 20.5. The van der Waals surface area contributed by atoms with Crippen molar-refractivity contribution < 1.29 is 9.63 Å². The van der Waals surface area contributed by atoms with Gasteiger partial charge in [0.2, 0.25) is 5.95 Å². The molecule has 10 nitrogen and oxygen atoms in total. The summed E-state index contributed by atoms with van der Waals surface area (Å²) in [5.41, 5.74) is 5.71. The van der Waals surface area contributed by atoms with Crippen LogP contribution < -0.4 is 16.5 Å². The Morgan fingerprint density at radius 2 is 1.97 bits per heavy atom. The Labute approximate surface area is 219 Å². The fourth-order valence-corrected chi connectivity index (χ4v) is 3.52. The summed E-state index contributed by atoms with van der Waals surface area (Å²) in [7, 11) is 0. The Balaban J connectivity index is 1.43. The number of carbonyl (C=O) groups is 1. The van der Waals surface area contributed by atoms with E-state index in [1.54, 1.807) is 48.9 Å². The molecular weight excluding hydrogens is 480 g/mol. The van der Waals surface area contributed by atoms with E-state index in [1.807, 2.05) is 43.3 Å². The lowest BCUT2D eigenvalue weighted by Gasteiger charge is -2.12. The van der Waals surface area contributed by atoms with Gasteiger partial charge in [-0.2, -0.15) is 11.2 Å². The van der Waals surface area contributed by atoms with E-state index in [2.05, 4.69) is 42.0 Å². The number of nitrogens with zero attached hydrogens (tertiary/aromatic N) is 5. The molecule has 0 radical (unpaired) electrons. The van der Waals surface area contributed by atoms with E-state index in [0.717, 1.165) is 28.1 Å². The van der Waals surface area contributed by atoms with Crippen LogP contribution >= 0.6 is 0 Å². The van der Waals surface area contributed by atoms with Crippen molar-refractivity contribution in [3.63, 3.8) is 0 Å². The molecule has 2 heterocycles. The van der Waals surface area contributed by atoms with Gasteiger partial charge in [-0.15, -0.1) is 0 Å². The molecule has 4 N–H and O–H groups in total. The lowest BCUT2D eigenvalue weighted by atomic mass is 10.1. The Morgan fingerprint density at radius 1 is 1.16 bits per heavy atom. The molecular formula is C28H24N8O2.